The number of nitrogens with one attached hydrogen (secondary N) is 2. The minimum atomic E-state index is -1.27. The van der Waals surface area contributed by atoms with E-state index in [9.17, 15) is 33.6 Å². The molecule has 226 valence electrons. The second kappa shape index (κ2) is 17.4. The van der Waals surface area contributed by atoms with Gasteiger partial charge in [0.15, 0.2) is 0 Å². The van der Waals surface area contributed by atoms with E-state index in [0.717, 1.165) is 16.7 Å². The van der Waals surface area contributed by atoms with Gasteiger partial charge in [-0.15, -0.1) is 11.8 Å². The van der Waals surface area contributed by atoms with Gasteiger partial charge in [0.2, 0.25) is 29.5 Å². The van der Waals surface area contributed by atoms with Crippen LogP contribution in [0.1, 0.15) is 39.0 Å². The van der Waals surface area contributed by atoms with Crippen molar-refractivity contribution in [2.24, 2.45) is 11.5 Å². The molecule has 1 aliphatic rings. The molecular formula is C23H37N5O11S. The van der Waals surface area contributed by atoms with Gasteiger partial charge < -0.3 is 41.8 Å². The number of primary amides is 1. The zero-order valence-corrected chi connectivity index (χ0v) is 23.0. The van der Waals surface area contributed by atoms with Crippen LogP contribution in [-0.2, 0) is 43.0 Å². The van der Waals surface area contributed by atoms with Crippen molar-refractivity contribution < 1.29 is 53.2 Å². The van der Waals surface area contributed by atoms with Gasteiger partial charge in [0.05, 0.1) is 39.3 Å². The molecule has 3 unspecified atom stereocenters. The number of aliphatic carboxylic acids is 2. The molecule has 0 aromatic rings. The number of nitrogens with zero attached hydrogens (tertiary/aromatic N) is 1. The van der Waals surface area contributed by atoms with E-state index in [1.54, 1.807) is 0 Å². The number of thioether (sulfide) groups is 1. The molecule has 17 heteroatoms. The largest absolute Gasteiger partial charge is 0.481 e. The molecule has 0 radical (unpaired) electrons. The molecule has 1 aliphatic heterocycles. The first kappa shape index (κ1) is 34.7. The molecule has 3 atom stereocenters. The fourth-order valence-corrected chi connectivity index (χ4v) is 4.62. The molecule has 1 heterocycles. The van der Waals surface area contributed by atoms with Gasteiger partial charge in [-0.3, -0.25) is 38.5 Å². The summed E-state index contributed by atoms with van der Waals surface area (Å²) in [4.78, 5) is 83.6. The molecule has 8 N–H and O–H groups in total. The molecule has 16 nitrogen and oxygen atoms in total. The number of rotatable bonds is 21. The molecule has 1 rings (SSSR count). The summed E-state index contributed by atoms with van der Waals surface area (Å²) in [6, 6.07) is -2.41. The van der Waals surface area contributed by atoms with Crippen molar-refractivity contribution in [3.63, 3.8) is 0 Å². The molecule has 0 saturated carbocycles. The Kier molecular flexibility index (Phi) is 15.1. The van der Waals surface area contributed by atoms with Gasteiger partial charge in [-0.05, 0) is 13.3 Å². The Balaban J connectivity index is 2.42. The summed E-state index contributed by atoms with van der Waals surface area (Å²) in [5.41, 5.74) is 10.7. The van der Waals surface area contributed by atoms with Crippen LogP contribution in [0.3, 0.4) is 0 Å². The Morgan fingerprint density at radius 3 is 2.27 bits per heavy atom. The number of ether oxygens (including phenoxy) is 2. The summed E-state index contributed by atoms with van der Waals surface area (Å²) in [5.74, 6) is -5.26. The van der Waals surface area contributed by atoms with E-state index in [1.165, 1.54) is 6.92 Å². The van der Waals surface area contributed by atoms with E-state index in [2.05, 4.69) is 10.6 Å². The fourth-order valence-electron chi connectivity index (χ4n) is 3.38. The fraction of sp³-hybridized carbons (Fsp3) is 0.696. The van der Waals surface area contributed by atoms with Crippen molar-refractivity contribution in [1.29, 1.82) is 0 Å². The predicted molar refractivity (Wildman–Crippen MR) is 140 cm³/mol. The number of carbonyl (C=O) groups is 7. The number of nitrogens with two attached hydrogens (primary N) is 2. The molecule has 0 spiro atoms. The summed E-state index contributed by atoms with van der Waals surface area (Å²) in [5, 5.41) is 22.3. The number of imide groups is 1. The minimum Gasteiger partial charge on any atom is -0.481 e. The number of hydrogen-bond acceptors (Lipinski definition) is 11. The van der Waals surface area contributed by atoms with Crippen molar-refractivity contribution in [2.75, 3.05) is 45.3 Å². The number of carboxylic acids is 2. The zero-order chi connectivity index (χ0) is 30.3. The van der Waals surface area contributed by atoms with Gasteiger partial charge >= 0.3 is 11.9 Å². The van der Waals surface area contributed by atoms with Gasteiger partial charge in [0.1, 0.15) is 16.8 Å². The molecular weight excluding hydrogens is 554 g/mol. The molecule has 5 amide bonds. The van der Waals surface area contributed by atoms with Crippen molar-refractivity contribution in [3.8, 4) is 0 Å². The highest BCUT2D eigenvalue weighted by Gasteiger charge is 2.49. The second-order valence-electron chi connectivity index (χ2n) is 9.04. The van der Waals surface area contributed by atoms with E-state index >= 15 is 0 Å². The number of carbonyl (C=O) groups excluding carboxylic acids is 5. The Morgan fingerprint density at radius 2 is 1.68 bits per heavy atom. The molecule has 0 bridgehead atoms. The molecule has 1 saturated heterocycles. The van der Waals surface area contributed by atoms with Crippen LogP contribution in [0.15, 0.2) is 0 Å². The Hall–Kier alpha value is -3.28. The summed E-state index contributed by atoms with van der Waals surface area (Å²) in [6.07, 6.45) is -0.801. The SMILES string of the molecule is CC1(SCC(NC(=O)CCC(N)C(=O)O)C(N)=O)CC(=O)N(CCC(=O)NCCOCCOCCC(=O)O)C1=O. The third kappa shape index (κ3) is 12.7. The lowest BCUT2D eigenvalue weighted by Gasteiger charge is -2.24. The first-order chi connectivity index (χ1) is 18.8. The maximum Gasteiger partial charge on any atom is 0.320 e. The lowest BCUT2D eigenvalue weighted by Crippen LogP contribution is -2.48. The average Bonchev–Trinajstić information content (AvgIpc) is 3.09. The first-order valence-electron chi connectivity index (χ1n) is 12.5. The third-order valence-electron chi connectivity index (χ3n) is 5.70. The van der Waals surface area contributed by atoms with Gasteiger partial charge in [-0.2, -0.15) is 0 Å². The normalized spacial score (nSPS) is 18.3. The van der Waals surface area contributed by atoms with Crippen LogP contribution in [0.4, 0.5) is 0 Å². The first-order valence-corrected chi connectivity index (χ1v) is 13.4. The Bertz CT molecular complexity index is 950. The monoisotopic (exact) mass is 591 g/mol. The van der Waals surface area contributed by atoms with Crippen molar-refractivity contribution in [2.45, 2.75) is 55.9 Å². The van der Waals surface area contributed by atoms with Gasteiger partial charge in [0.25, 0.3) is 0 Å². The highest BCUT2D eigenvalue weighted by molar-refractivity contribution is 8.01. The summed E-state index contributed by atoms with van der Waals surface area (Å²) < 4.78 is 9.08. The number of likely N-dealkylation sites (tertiary alicyclic amines) is 1. The third-order valence-corrected chi connectivity index (χ3v) is 7.15. The van der Waals surface area contributed by atoms with Crippen molar-refractivity contribution in [3.05, 3.63) is 0 Å². The lowest BCUT2D eigenvalue weighted by atomic mass is 10.1. The second-order valence-corrected chi connectivity index (χ2v) is 10.6. The van der Waals surface area contributed by atoms with E-state index in [1.807, 2.05) is 0 Å². The molecule has 1 fully saturated rings. The molecule has 0 aromatic carbocycles. The summed E-state index contributed by atoms with van der Waals surface area (Å²) in [7, 11) is 0. The standard InChI is InChI=1S/C23H37N5O11S/c1-23(40-13-15(20(25)34)27-17(30)3-2-14(24)21(35)36)12-18(31)28(22(23)37)7-4-16(29)26-6-9-39-11-10-38-8-5-19(32)33/h14-15H,2-13,24H2,1H3,(H2,25,34)(H,26,29)(H,27,30)(H,32,33)(H,35,36). The summed E-state index contributed by atoms with van der Waals surface area (Å²) in [6.45, 7) is 2.27. The maximum absolute atomic E-state index is 13.0. The van der Waals surface area contributed by atoms with Crippen LogP contribution in [-0.4, -0.2) is 119 Å². The molecule has 0 aliphatic carbocycles. The van der Waals surface area contributed by atoms with Crippen LogP contribution < -0.4 is 22.1 Å². The van der Waals surface area contributed by atoms with E-state index in [0.29, 0.717) is 0 Å². The highest BCUT2D eigenvalue weighted by Crippen LogP contribution is 2.37. The quantitative estimate of drug-likeness (QED) is 0.0592. The van der Waals surface area contributed by atoms with E-state index in [-0.39, 0.29) is 77.4 Å². The van der Waals surface area contributed by atoms with Crippen LogP contribution in [0.5, 0.6) is 0 Å². The van der Waals surface area contributed by atoms with Crippen molar-refractivity contribution in [1.82, 2.24) is 15.5 Å². The van der Waals surface area contributed by atoms with E-state index in [4.69, 9.17) is 31.2 Å². The number of hydrogen-bond donors (Lipinski definition) is 6. The van der Waals surface area contributed by atoms with Crippen LogP contribution in [0.25, 0.3) is 0 Å². The van der Waals surface area contributed by atoms with E-state index < -0.39 is 58.3 Å². The van der Waals surface area contributed by atoms with Crippen molar-refractivity contribution >= 4 is 53.2 Å². The molecule has 40 heavy (non-hydrogen) atoms. The van der Waals surface area contributed by atoms with Gasteiger partial charge in [-0.1, -0.05) is 0 Å². The van der Waals surface area contributed by atoms with Gasteiger partial charge in [-0.25, -0.2) is 0 Å². The summed E-state index contributed by atoms with van der Waals surface area (Å²) >= 11 is 0.969. The molecule has 0 aromatic heterocycles. The zero-order valence-electron chi connectivity index (χ0n) is 22.2. The minimum absolute atomic E-state index is 0.0783. The number of amides is 5. The van der Waals surface area contributed by atoms with Crippen LogP contribution in [0.2, 0.25) is 0 Å². The predicted octanol–water partition coefficient (Wildman–Crippen LogP) is -2.59. The maximum atomic E-state index is 13.0. The highest BCUT2D eigenvalue weighted by atomic mass is 32.2. The number of carboxylic acid groups (broad SMARTS) is 2. The van der Waals surface area contributed by atoms with Gasteiger partial charge in [0, 0.05) is 31.7 Å². The van der Waals surface area contributed by atoms with Crippen LogP contribution >= 0.6 is 11.8 Å². The Labute approximate surface area is 234 Å². The smallest absolute Gasteiger partial charge is 0.320 e. The Morgan fingerprint density at radius 1 is 1.02 bits per heavy atom. The van der Waals surface area contributed by atoms with Crippen LogP contribution in [0, 0.1) is 0 Å². The lowest BCUT2D eigenvalue weighted by molar-refractivity contribution is -0.140. The topological polar surface area (TPSA) is 258 Å². The average molecular weight is 592 g/mol.